The minimum Gasteiger partial charge on any atom is -0.457 e. The summed E-state index contributed by atoms with van der Waals surface area (Å²) in [5.74, 6) is 0.362. The largest absolute Gasteiger partial charge is 0.573 e. The number of ether oxygens (including phenoxy) is 2. The second kappa shape index (κ2) is 12.0. The van der Waals surface area contributed by atoms with Crippen molar-refractivity contribution in [2.45, 2.75) is 96.8 Å². The van der Waals surface area contributed by atoms with Crippen molar-refractivity contribution >= 4 is 0 Å². The van der Waals surface area contributed by atoms with E-state index in [1.54, 1.807) is 6.92 Å². The molecule has 1 radical (unpaired) electrons. The smallest absolute Gasteiger partial charge is 0.457 e. The van der Waals surface area contributed by atoms with E-state index in [0.29, 0.717) is 11.5 Å². The molecule has 0 aliphatic heterocycles. The van der Waals surface area contributed by atoms with Gasteiger partial charge in [-0.15, -0.1) is 13.2 Å². The summed E-state index contributed by atoms with van der Waals surface area (Å²) in [5, 5.41) is 0. The van der Waals surface area contributed by atoms with Gasteiger partial charge >= 0.3 is 6.36 Å². The summed E-state index contributed by atoms with van der Waals surface area (Å²) >= 11 is 0. The van der Waals surface area contributed by atoms with Crippen LogP contribution >= 0.6 is 0 Å². The van der Waals surface area contributed by atoms with Gasteiger partial charge in [0.25, 0.3) is 0 Å². The quantitative estimate of drug-likeness (QED) is 0.321. The summed E-state index contributed by atoms with van der Waals surface area (Å²) in [5.41, 5.74) is 0.648. The van der Waals surface area contributed by atoms with Gasteiger partial charge in [0.15, 0.2) is 11.6 Å². The van der Waals surface area contributed by atoms with Crippen LogP contribution < -0.4 is 9.47 Å². The highest BCUT2D eigenvalue weighted by Crippen LogP contribution is 2.47. The van der Waals surface area contributed by atoms with E-state index < -0.39 is 18.0 Å². The number of hydrogen-bond donors (Lipinski definition) is 0. The van der Waals surface area contributed by atoms with Crippen molar-refractivity contribution < 1.29 is 31.4 Å². The maximum Gasteiger partial charge on any atom is 0.573 e. The van der Waals surface area contributed by atoms with Crippen molar-refractivity contribution in [2.75, 3.05) is 0 Å². The lowest BCUT2D eigenvalue weighted by Gasteiger charge is -2.38. The van der Waals surface area contributed by atoms with Crippen molar-refractivity contribution in [1.82, 2.24) is 0 Å². The van der Waals surface area contributed by atoms with Crippen LogP contribution in [0.3, 0.4) is 0 Å². The van der Waals surface area contributed by atoms with E-state index in [0.717, 1.165) is 49.7 Å². The van der Waals surface area contributed by atoms with Gasteiger partial charge in [-0.25, -0.2) is 8.78 Å². The molecule has 0 unspecified atom stereocenters. The highest BCUT2D eigenvalue weighted by Gasteiger charge is 2.34. The molecule has 0 N–H and O–H groups in total. The molecule has 2 aliphatic carbocycles. The Bertz CT molecular complexity index is 1020. The van der Waals surface area contributed by atoms with Gasteiger partial charge in [0.05, 0.1) is 0 Å². The minimum absolute atomic E-state index is 0.00378. The van der Waals surface area contributed by atoms with Crippen molar-refractivity contribution in [3.63, 3.8) is 0 Å². The molecule has 2 aromatic rings. The number of halogens is 5. The molecule has 2 aromatic carbocycles. The van der Waals surface area contributed by atoms with E-state index in [9.17, 15) is 22.0 Å². The molecule has 37 heavy (non-hydrogen) atoms. The van der Waals surface area contributed by atoms with Crippen molar-refractivity contribution in [2.24, 2.45) is 17.8 Å². The highest BCUT2D eigenvalue weighted by molar-refractivity contribution is 5.47. The van der Waals surface area contributed by atoms with Crippen molar-refractivity contribution in [1.29, 1.82) is 0 Å². The maximum absolute atomic E-state index is 14.7. The van der Waals surface area contributed by atoms with Gasteiger partial charge in [0.2, 0.25) is 0 Å². The molecule has 2 nitrogen and oxygen atoms in total. The fourth-order valence-electron chi connectivity index (χ4n) is 6.41. The minimum atomic E-state index is -4.80. The molecule has 2 fully saturated rings. The van der Waals surface area contributed by atoms with E-state index in [2.05, 4.69) is 17.7 Å². The lowest BCUT2D eigenvalue weighted by atomic mass is 9.68. The van der Waals surface area contributed by atoms with Crippen LogP contribution in [-0.4, -0.2) is 6.36 Å². The summed E-state index contributed by atoms with van der Waals surface area (Å²) in [4.78, 5) is 0. The Labute approximate surface area is 216 Å². The standard InChI is InChI=1S/C30H36F5O2/c1-3-5-19-6-8-20(9-7-19)21-10-12-22(13-11-21)26-18-27(31)28(32)25(4-2)29(26)36-23-14-16-24(17-15-23)37-30(33,34)35/h14-17,19-22H,3-13H2,1-2H3/t19-,20-,21-,22-. The van der Waals surface area contributed by atoms with Crippen LogP contribution in [0, 0.1) is 35.5 Å². The number of hydrogen-bond acceptors (Lipinski definition) is 2. The molecule has 2 aliphatic rings. The lowest BCUT2D eigenvalue weighted by molar-refractivity contribution is -0.274. The summed E-state index contributed by atoms with van der Waals surface area (Å²) in [6.07, 6.45) is 7.03. The van der Waals surface area contributed by atoms with E-state index in [-0.39, 0.29) is 35.2 Å². The zero-order valence-corrected chi connectivity index (χ0v) is 21.6. The molecule has 0 aromatic heterocycles. The molecule has 0 spiro atoms. The molecule has 0 heterocycles. The molecule has 2 saturated carbocycles. The number of benzene rings is 2. The molecule has 4 rings (SSSR count). The molecule has 203 valence electrons. The van der Waals surface area contributed by atoms with E-state index >= 15 is 0 Å². The third-order valence-electron chi connectivity index (χ3n) is 8.29. The zero-order valence-electron chi connectivity index (χ0n) is 21.6. The Kier molecular flexibility index (Phi) is 9.02. The Hall–Kier alpha value is -2.31. The van der Waals surface area contributed by atoms with Crippen LogP contribution in [0.1, 0.15) is 95.1 Å². The van der Waals surface area contributed by atoms with Gasteiger partial charge in [-0.3, -0.25) is 0 Å². The molecule has 0 amide bonds. The Morgan fingerprint density at radius 3 is 1.95 bits per heavy atom. The molecule has 7 heteroatoms. The second-order valence-corrected chi connectivity index (χ2v) is 10.6. The Morgan fingerprint density at radius 1 is 0.838 bits per heavy atom. The number of alkyl halides is 3. The lowest BCUT2D eigenvalue weighted by Crippen LogP contribution is -2.25. The van der Waals surface area contributed by atoms with Crippen LogP contribution in [0.5, 0.6) is 17.2 Å². The molecular formula is C30H36F5O2. The van der Waals surface area contributed by atoms with Crippen LogP contribution in [0.4, 0.5) is 22.0 Å². The normalized spacial score (nSPS) is 24.6. The molecule has 0 bridgehead atoms. The van der Waals surface area contributed by atoms with Gasteiger partial charge in [-0.05, 0) is 92.9 Å². The van der Waals surface area contributed by atoms with Gasteiger partial charge in [0, 0.05) is 17.2 Å². The first kappa shape index (κ1) is 27.7. The predicted molar refractivity (Wildman–Crippen MR) is 133 cm³/mol. The first-order valence-corrected chi connectivity index (χ1v) is 13.6. The van der Waals surface area contributed by atoms with E-state index in [1.165, 1.54) is 50.7 Å². The summed E-state index contributed by atoms with van der Waals surface area (Å²) in [7, 11) is 0. The monoisotopic (exact) mass is 523 g/mol. The van der Waals surface area contributed by atoms with Gasteiger partial charge in [-0.1, -0.05) is 39.5 Å². The van der Waals surface area contributed by atoms with Gasteiger partial charge in [0.1, 0.15) is 17.2 Å². The number of rotatable bonds is 8. The second-order valence-electron chi connectivity index (χ2n) is 10.6. The third-order valence-corrected chi connectivity index (χ3v) is 8.29. The summed E-state index contributed by atoms with van der Waals surface area (Å²) in [6, 6.07) is 7.56. The predicted octanol–water partition coefficient (Wildman–Crippen LogP) is 9.90. The van der Waals surface area contributed by atoms with E-state index in [1.807, 2.05) is 0 Å². The molecule has 0 atom stereocenters. The van der Waals surface area contributed by atoms with Crippen LogP contribution in [0.25, 0.3) is 0 Å². The zero-order chi connectivity index (χ0) is 26.6. The topological polar surface area (TPSA) is 18.5 Å². The Balaban J connectivity index is 1.49. The first-order chi connectivity index (χ1) is 17.7. The first-order valence-electron chi connectivity index (χ1n) is 13.6. The fraction of sp³-hybridized carbons (Fsp3) is 0.600. The van der Waals surface area contributed by atoms with Gasteiger partial charge < -0.3 is 9.47 Å². The highest BCUT2D eigenvalue weighted by atomic mass is 19.4. The van der Waals surface area contributed by atoms with Crippen LogP contribution in [0.15, 0.2) is 24.3 Å². The van der Waals surface area contributed by atoms with E-state index in [4.69, 9.17) is 4.74 Å². The SMILES string of the molecule is CCC[C@H]1CC[C@H]([C@H]2CC[C@H](c3[c]c(F)c(F)c(CC)c3Oc3ccc(OC(F)(F)F)cc3)CC2)CC1. The van der Waals surface area contributed by atoms with Crippen LogP contribution in [-0.2, 0) is 6.42 Å². The summed E-state index contributed by atoms with van der Waals surface area (Å²) < 4.78 is 76.7. The average Bonchev–Trinajstić information content (AvgIpc) is 2.87. The molecule has 0 saturated heterocycles. The fourth-order valence-corrected chi connectivity index (χ4v) is 6.41. The average molecular weight is 524 g/mol. The van der Waals surface area contributed by atoms with Gasteiger partial charge in [-0.2, -0.15) is 0 Å². The van der Waals surface area contributed by atoms with Crippen molar-refractivity contribution in [3.8, 4) is 17.2 Å². The Morgan fingerprint density at radius 2 is 1.41 bits per heavy atom. The van der Waals surface area contributed by atoms with Crippen LogP contribution in [0.2, 0.25) is 0 Å². The maximum atomic E-state index is 14.7. The summed E-state index contributed by atoms with van der Waals surface area (Å²) in [6.45, 7) is 3.97. The van der Waals surface area contributed by atoms with Crippen molar-refractivity contribution in [3.05, 3.63) is 53.1 Å². The molecular weight excluding hydrogens is 487 g/mol. The third kappa shape index (κ3) is 6.97.